The number of rotatable bonds is 9. The first-order chi connectivity index (χ1) is 17.7. The number of carbonyl (C=O) groups excluding carboxylic acids is 1. The second-order valence-corrected chi connectivity index (χ2v) is 17.0. The predicted molar refractivity (Wildman–Crippen MR) is 147 cm³/mol. The Morgan fingerprint density at radius 2 is 1.92 bits per heavy atom. The summed E-state index contributed by atoms with van der Waals surface area (Å²) in [6, 6.07) is 14.1. The summed E-state index contributed by atoms with van der Waals surface area (Å²) in [6.45, 7) is 7.86. The number of halogens is 1. The van der Waals surface area contributed by atoms with Crippen LogP contribution in [0.25, 0.3) is 11.2 Å². The molecular weight excluding hydrogens is 552 g/mol. The van der Waals surface area contributed by atoms with Gasteiger partial charge in [0.2, 0.25) is 0 Å². The Bertz CT molecular complexity index is 1510. The van der Waals surface area contributed by atoms with E-state index in [2.05, 4.69) is 45.5 Å². The standard InChI is InChI=1S/C27H29BrN4O4Si/c1-37(2,3)12-11-35-17-32-25-24(36-27(32)34)13-18(15-30-25)16-31-23(14-22-21(28)9-6-10-29-22)19-7-4-5-8-20(19)26(31)33/h4-10,13,15,23H,11-12,14,16-17H2,1-3H3. The van der Waals surface area contributed by atoms with Crippen molar-refractivity contribution in [2.45, 2.75) is 51.4 Å². The molecule has 3 aromatic heterocycles. The van der Waals surface area contributed by atoms with Crippen LogP contribution >= 0.6 is 15.9 Å². The van der Waals surface area contributed by atoms with Gasteiger partial charge in [0.15, 0.2) is 11.2 Å². The van der Waals surface area contributed by atoms with E-state index in [4.69, 9.17) is 9.15 Å². The number of pyridine rings is 2. The maximum Gasteiger partial charge on any atom is 0.423 e. The van der Waals surface area contributed by atoms with E-state index in [9.17, 15) is 9.59 Å². The van der Waals surface area contributed by atoms with E-state index in [-0.39, 0.29) is 18.7 Å². The molecule has 1 amide bonds. The van der Waals surface area contributed by atoms with Crippen molar-refractivity contribution in [3.63, 3.8) is 0 Å². The average molecular weight is 582 g/mol. The fourth-order valence-electron chi connectivity index (χ4n) is 4.52. The molecule has 192 valence electrons. The number of hydrogen-bond donors (Lipinski definition) is 0. The van der Waals surface area contributed by atoms with Crippen molar-refractivity contribution in [1.29, 1.82) is 0 Å². The number of ether oxygens (including phenoxy) is 1. The molecule has 1 aromatic carbocycles. The van der Waals surface area contributed by atoms with Gasteiger partial charge >= 0.3 is 5.76 Å². The molecule has 0 spiro atoms. The Labute approximate surface area is 224 Å². The zero-order valence-corrected chi connectivity index (χ0v) is 23.7. The van der Waals surface area contributed by atoms with Crippen LogP contribution in [0.2, 0.25) is 25.7 Å². The normalized spacial score (nSPS) is 15.5. The number of amides is 1. The zero-order valence-electron chi connectivity index (χ0n) is 21.1. The molecule has 0 bridgehead atoms. The second kappa shape index (κ2) is 10.4. The Morgan fingerprint density at radius 3 is 2.70 bits per heavy atom. The fourth-order valence-corrected chi connectivity index (χ4v) is 5.70. The number of oxazole rings is 1. The summed E-state index contributed by atoms with van der Waals surface area (Å²) < 4.78 is 13.5. The van der Waals surface area contributed by atoms with E-state index in [0.717, 1.165) is 27.3 Å². The SMILES string of the molecule is C[Si](C)(C)CCOCn1c(=O)oc2cc(CN3C(=O)c4ccccc4C3Cc3ncccc3Br)cnc21. The van der Waals surface area contributed by atoms with Gasteiger partial charge in [-0.05, 0) is 57.4 Å². The zero-order chi connectivity index (χ0) is 26.2. The maximum atomic E-state index is 13.4. The van der Waals surface area contributed by atoms with Crippen LogP contribution in [-0.4, -0.2) is 40.0 Å². The average Bonchev–Trinajstić information content (AvgIpc) is 3.31. The summed E-state index contributed by atoms with van der Waals surface area (Å²) in [5, 5.41) is 0. The first kappa shape index (κ1) is 25.6. The van der Waals surface area contributed by atoms with Crippen molar-refractivity contribution < 1.29 is 13.9 Å². The number of nitrogens with zero attached hydrogens (tertiary/aromatic N) is 4. The second-order valence-electron chi connectivity index (χ2n) is 10.5. The highest BCUT2D eigenvalue weighted by molar-refractivity contribution is 9.10. The summed E-state index contributed by atoms with van der Waals surface area (Å²) in [4.78, 5) is 36.8. The first-order valence-electron chi connectivity index (χ1n) is 12.3. The van der Waals surface area contributed by atoms with Crippen molar-refractivity contribution in [2.24, 2.45) is 0 Å². The molecule has 0 radical (unpaired) electrons. The van der Waals surface area contributed by atoms with Gasteiger partial charge < -0.3 is 14.1 Å². The Kier molecular flexibility index (Phi) is 7.15. The summed E-state index contributed by atoms with van der Waals surface area (Å²) in [6.07, 6.45) is 4.02. The number of benzene rings is 1. The fraction of sp³-hybridized carbons (Fsp3) is 0.333. The van der Waals surface area contributed by atoms with E-state index in [1.54, 1.807) is 18.5 Å². The third-order valence-corrected chi connectivity index (χ3v) is 8.97. The van der Waals surface area contributed by atoms with Crippen LogP contribution in [0.5, 0.6) is 0 Å². The molecule has 1 unspecified atom stereocenters. The van der Waals surface area contributed by atoms with Gasteiger partial charge in [-0.15, -0.1) is 0 Å². The summed E-state index contributed by atoms with van der Waals surface area (Å²) in [5.74, 6) is -0.544. The van der Waals surface area contributed by atoms with Gasteiger partial charge in [-0.3, -0.25) is 9.78 Å². The highest BCUT2D eigenvalue weighted by atomic mass is 79.9. The minimum absolute atomic E-state index is 0.0393. The van der Waals surface area contributed by atoms with Crippen molar-refractivity contribution >= 4 is 41.1 Å². The van der Waals surface area contributed by atoms with Gasteiger partial charge in [-0.25, -0.2) is 14.3 Å². The molecule has 37 heavy (non-hydrogen) atoms. The Balaban J connectivity index is 1.38. The van der Waals surface area contributed by atoms with Crippen LogP contribution in [0.15, 0.2) is 68.5 Å². The third-order valence-electron chi connectivity index (χ3n) is 6.54. The highest BCUT2D eigenvalue weighted by Crippen LogP contribution is 2.37. The number of aromatic nitrogens is 3. The third kappa shape index (κ3) is 5.46. The quantitative estimate of drug-likeness (QED) is 0.194. The van der Waals surface area contributed by atoms with Gasteiger partial charge in [0.25, 0.3) is 5.91 Å². The molecule has 1 aliphatic rings. The molecule has 0 saturated carbocycles. The summed E-state index contributed by atoms with van der Waals surface area (Å²) in [7, 11) is -1.23. The lowest BCUT2D eigenvalue weighted by Crippen LogP contribution is -2.29. The molecule has 8 nitrogen and oxygen atoms in total. The summed E-state index contributed by atoms with van der Waals surface area (Å²) >= 11 is 3.59. The molecule has 10 heteroatoms. The van der Waals surface area contributed by atoms with Gasteiger partial charge in [0.05, 0.1) is 11.7 Å². The molecule has 4 heterocycles. The molecule has 5 rings (SSSR count). The topological polar surface area (TPSA) is 90.5 Å². The lowest BCUT2D eigenvalue weighted by Gasteiger charge is -2.25. The van der Waals surface area contributed by atoms with Gasteiger partial charge in [0.1, 0.15) is 6.73 Å². The van der Waals surface area contributed by atoms with Crippen LogP contribution in [0.4, 0.5) is 0 Å². The van der Waals surface area contributed by atoms with Gasteiger partial charge in [-0.2, -0.15) is 0 Å². The summed E-state index contributed by atoms with van der Waals surface area (Å²) in [5.41, 5.74) is 4.15. The van der Waals surface area contributed by atoms with Crippen molar-refractivity contribution in [3.05, 3.63) is 92.3 Å². The number of hydrogen-bond acceptors (Lipinski definition) is 6. The van der Waals surface area contributed by atoms with Crippen LogP contribution < -0.4 is 5.76 Å². The number of carbonyl (C=O) groups is 1. The molecule has 1 atom stereocenters. The smallest absolute Gasteiger partial charge is 0.406 e. The monoisotopic (exact) mass is 580 g/mol. The van der Waals surface area contributed by atoms with Crippen molar-refractivity contribution in [3.8, 4) is 0 Å². The maximum absolute atomic E-state index is 13.4. The molecule has 0 fully saturated rings. The Morgan fingerprint density at radius 1 is 1.11 bits per heavy atom. The van der Waals surface area contributed by atoms with Crippen LogP contribution in [-0.2, 0) is 24.4 Å². The Hall–Kier alpha value is -3.08. The molecule has 0 saturated heterocycles. The largest absolute Gasteiger partial charge is 0.423 e. The molecule has 0 aliphatic carbocycles. The van der Waals surface area contributed by atoms with E-state index in [1.165, 1.54) is 4.57 Å². The van der Waals surface area contributed by atoms with Crippen molar-refractivity contribution in [2.75, 3.05) is 6.61 Å². The van der Waals surface area contributed by atoms with Crippen LogP contribution in [0.1, 0.15) is 33.2 Å². The molecule has 4 aromatic rings. The predicted octanol–water partition coefficient (Wildman–Crippen LogP) is 5.40. The minimum Gasteiger partial charge on any atom is -0.406 e. The molecule has 1 aliphatic heterocycles. The van der Waals surface area contributed by atoms with E-state index in [1.807, 2.05) is 41.3 Å². The van der Waals surface area contributed by atoms with Crippen molar-refractivity contribution in [1.82, 2.24) is 19.4 Å². The van der Waals surface area contributed by atoms with Crippen LogP contribution in [0, 0.1) is 0 Å². The van der Waals surface area contributed by atoms with E-state index >= 15 is 0 Å². The lowest BCUT2D eigenvalue weighted by atomic mass is 10.0. The lowest BCUT2D eigenvalue weighted by molar-refractivity contribution is 0.0708. The van der Waals surface area contributed by atoms with E-state index in [0.29, 0.717) is 36.4 Å². The molecule has 0 N–H and O–H groups in total. The minimum atomic E-state index is -1.23. The first-order valence-corrected chi connectivity index (χ1v) is 16.8. The highest BCUT2D eigenvalue weighted by Gasteiger charge is 2.37. The van der Waals surface area contributed by atoms with E-state index < -0.39 is 13.8 Å². The van der Waals surface area contributed by atoms with Gasteiger partial charge in [0, 0.05) is 50.1 Å². The van der Waals surface area contributed by atoms with Crippen LogP contribution in [0.3, 0.4) is 0 Å². The van der Waals surface area contributed by atoms with Gasteiger partial charge in [-0.1, -0.05) is 37.8 Å². The number of fused-ring (bicyclic) bond motifs is 2. The molecular formula is C27H29BrN4O4Si.